The van der Waals surface area contributed by atoms with Gasteiger partial charge in [-0.2, -0.15) is 14.4 Å². The molecule has 11 heteroatoms. The van der Waals surface area contributed by atoms with Gasteiger partial charge in [-0.3, -0.25) is 4.57 Å². The summed E-state index contributed by atoms with van der Waals surface area (Å²) in [7, 11) is 0. The van der Waals surface area contributed by atoms with Gasteiger partial charge in [0.15, 0.2) is 22.6 Å². The minimum Gasteiger partial charge on any atom is -0.431 e. The highest BCUT2D eigenvalue weighted by Crippen LogP contribution is 2.67. The van der Waals surface area contributed by atoms with E-state index in [1.807, 2.05) is 0 Å². The van der Waals surface area contributed by atoms with E-state index >= 15 is 0 Å². The summed E-state index contributed by atoms with van der Waals surface area (Å²) in [5.41, 5.74) is 6.47. The number of carbonyl (C=O) groups excluding carboxylic acids is 1. The van der Waals surface area contributed by atoms with E-state index in [0.29, 0.717) is 17.8 Å². The molecule has 0 amide bonds. The van der Waals surface area contributed by atoms with Crippen LogP contribution < -0.4 is 5.73 Å². The topological polar surface area (TPSA) is 135 Å². The van der Waals surface area contributed by atoms with Gasteiger partial charge in [0.05, 0.1) is 6.33 Å². The SMILES string of the molecule is C#C[C@]1(COC(=O)O[C@H]2CC[C@@]3(C)C(=CC[C@H]4[C@@H]5CC[C@H]([C@H](C)CC[C@@H](C)C(C)C)[C@@]5(C)CC[C@@H]43)C2)O[C@@H](n2cnc3c(N)nc(F)nc32)C[C@@H]1O. The molecule has 0 unspecified atom stereocenters. The van der Waals surface area contributed by atoms with E-state index in [2.05, 4.69) is 68.5 Å². The van der Waals surface area contributed by atoms with Crippen LogP contribution in [0.1, 0.15) is 118 Å². The number of aliphatic hydroxyl groups is 1. The van der Waals surface area contributed by atoms with Crippen LogP contribution in [0.5, 0.6) is 0 Å². The van der Waals surface area contributed by atoms with Crippen molar-refractivity contribution in [3.8, 4) is 12.3 Å². The Morgan fingerprint density at radius 2 is 1.94 bits per heavy atom. The van der Waals surface area contributed by atoms with Crippen LogP contribution in [0.4, 0.5) is 15.0 Å². The Labute approximate surface area is 307 Å². The van der Waals surface area contributed by atoms with Crippen LogP contribution in [-0.2, 0) is 14.2 Å². The molecule has 10 nitrogen and oxygen atoms in total. The van der Waals surface area contributed by atoms with Crippen LogP contribution in [0.25, 0.3) is 11.2 Å². The largest absolute Gasteiger partial charge is 0.508 e. The van der Waals surface area contributed by atoms with Gasteiger partial charge in [0, 0.05) is 12.8 Å². The molecule has 4 aliphatic carbocycles. The number of fused-ring (bicyclic) bond motifs is 6. The molecule has 1 saturated heterocycles. The fourth-order valence-corrected chi connectivity index (χ4v) is 11.4. The fourth-order valence-electron chi connectivity index (χ4n) is 11.4. The molecule has 0 aromatic carbocycles. The molecule has 0 spiro atoms. The summed E-state index contributed by atoms with van der Waals surface area (Å²) in [6, 6.07) is 0. The Balaban J connectivity index is 0.952. The molecule has 2 aromatic heterocycles. The lowest BCUT2D eigenvalue weighted by Gasteiger charge is -2.58. The first kappa shape index (κ1) is 37.1. The highest BCUT2D eigenvalue weighted by atomic mass is 19.1. The zero-order valence-corrected chi connectivity index (χ0v) is 31.8. The molecule has 5 aliphatic rings. The summed E-state index contributed by atoms with van der Waals surface area (Å²) in [5, 5.41) is 11.0. The van der Waals surface area contributed by atoms with Crippen molar-refractivity contribution in [1.82, 2.24) is 19.5 Å². The monoisotopic (exact) mass is 719 g/mol. The number of rotatable bonds is 9. The van der Waals surface area contributed by atoms with Gasteiger partial charge in [-0.1, -0.05) is 72.0 Å². The fraction of sp³-hybridized carbons (Fsp3) is 0.756. The van der Waals surface area contributed by atoms with Crippen molar-refractivity contribution in [2.75, 3.05) is 12.3 Å². The number of imidazole rings is 1. The number of aliphatic hydroxyl groups excluding tert-OH is 1. The van der Waals surface area contributed by atoms with Crippen molar-refractivity contribution >= 4 is 23.1 Å². The second-order valence-electron chi connectivity index (χ2n) is 17.8. The number of nitrogen functional groups attached to an aromatic ring is 1. The number of ether oxygens (including phenoxy) is 3. The Kier molecular flexibility index (Phi) is 9.90. The molecule has 284 valence electrons. The standard InChI is InChI=1S/C41H58FN5O5/c1-8-41(32(48)20-33(52-41)47-22-44-34-35(43)45-37(42)46-36(34)47)21-50-38(49)51-27-15-17-39(6)26(19-27)11-12-28-30-14-13-29(40(30,7)18-16-31(28)39)25(5)10-9-24(4)23(2)3/h1,11,22-25,27-33,48H,9-10,12-21H2,2-7H3,(H2,43,45,46)/t24-,25-,27+,28+,29-,30+,31+,32+,33-,39+,40-,41-/m1/s1. The second kappa shape index (κ2) is 13.9. The molecular weight excluding hydrogens is 661 g/mol. The third-order valence-corrected chi connectivity index (χ3v) is 15.0. The van der Waals surface area contributed by atoms with Gasteiger partial charge in [0.1, 0.15) is 25.0 Å². The predicted molar refractivity (Wildman–Crippen MR) is 196 cm³/mol. The summed E-state index contributed by atoms with van der Waals surface area (Å²) >= 11 is 0. The number of anilines is 1. The quantitative estimate of drug-likeness (QED) is 0.114. The van der Waals surface area contributed by atoms with Crippen molar-refractivity contribution in [3.05, 3.63) is 24.1 Å². The molecule has 3 heterocycles. The van der Waals surface area contributed by atoms with E-state index in [4.69, 9.17) is 26.4 Å². The van der Waals surface area contributed by atoms with Crippen LogP contribution in [0.2, 0.25) is 0 Å². The van der Waals surface area contributed by atoms with Gasteiger partial charge >= 0.3 is 12.2 Å². The van der Waals surface area contributed by atoms with E-state index in [-0.39, 0.29) is 34.9 Å². The Morgan fingerprint density at radius 1 is 1.15 bits per heavy atom. The van der Waals surface area contributed by atoms with Gasteiger partial charge in [-0.05, 0) is 97.2 Å². The summed E-state index contributed by atoms with van der Waals surface area (Å²) in [5.74, 6) is 7.70. The molecule has 0 bridgehead atoms. The number of halogens is 1. The van der Waals surface area contributed by atoms with Crippen molar-refractivity contribution in [1.29, 1.82) is 0 Å². The summed E-state index contributed by atoms with van der Waals surface area (Å²) in [6.07, 6.45) is 17.2. The Bertz CT molecular complexity index is 1740. The molecule has 3 N–H and O–H groups in total. The molecule has 3 saturated carbocycles. The number of hydrogen-bond acceptors (Lipinski definition) is 9. The van der Waals surface area contributed by atoms with Gasteiger partial charge in [-0.25, -0.2) is 9.78 Å². The normalized spacial score (nSPS) is 38.2. The maximum Gasteiger partial charge on any atom is 0.508 e. The number of allylic oxidation sites excluding steroid dienone is 1. The molecule has 0 radical (unpaired) electrons. The third-order valence-electron chi connectivity index (χ3n) is 15.0. The van der Waals surface area contributed by atoms with E-state index in [1.54, 1.807) is 0 Å². The number of carbonyl (C=O) groups is 1. The average Bonchev–Trinajstić information content (AvgIpc) is 3.79. The maximum absolute atomic E-state index is 13.9. The maximum atomic E-state index is 13.9. The van der Waals surface area contributed by atoms with Crippen LogP contribution >= 0.6 is 0 Å². The van der Waals surface area contributed by atoms with Gasteiger partial charge in [0.2, 0.25) is 0 Å². The zero-order valence-electron chi connectivity index (χ0n) is 31.8. The number of nitrogens with two attached hydrogens (primary N) is 1. The van der Waals surface area contributed by atoms with Gasteiger partial charge in [-0.15, -0.1) is 6.42 Å². The van der Waals surface area contributed by atoms with E-state index in [0.717, 1.165) is 54.8 Å². The van der Waals surface area contributed by atoms with Crippen molar-refractivity contribution < 1.29 is 28.5 Å². The van der Waals surface area contributed by atoms with Crippen LogP contribution in [0.3, 0.4) is 0 Å². The molecule has 52 heavy (non-hydrogen) atoms. The Hall–Kier alpha value is -3.23. The smallest absolute Gasteiger partial charge is 0.431 e. The molecule has 7 rings (SSSR count). The first-order chi connectivity index (χ1) is 24.7. The van der Waals surface area contributed by atoms with Crippen molar-refractivity contribution in [3.63, 3.8) is 0 Å². The molecule has 1 aliphatic heterocycles. The minimum atomic E-state index is -1.64. The zero-order chi connectivity index (χ0) is 37.2. The first-order valence-corrected chi connectivity index (χ1v) is 19.7. The van der Waals surface area contributed by atoms with E-state index in [9.17, 15) is 14.3 Å². The highest BCUT2D eigenvalue weighted by molar-refractivity contribution is 5.81. The van der Waals surface area contributed by atoms with Crippen LogP contribution in [0.15, 0.2) is 18.0 Å². The second-order valence-corrected chi connectivity index (χ2v) is 17.8. The lowest BCUT2D eigenvalue weighted by molar-refractivity contribution is -0.103. The van der Waals surface area contributed by atoms with Crippen molar-refractivity contribution in [2.24, 2.45) is 52.3 Å². The highest BCUT2D eigenvalue weighted by Gasteiger charge is 2.59. The van der Waals surface area contributed by atoms with Crippen molar-refractivity contribution in [2.45, 2.75) is 136 Å². The number of nitrogens with zero attached hydrogens (tertiary/aromatic N) is 4. The number of terminal acetylenes is 1. The average molecular weight is 720 g/mol. The van der Waals surface area contributed by atoms with Gasteiger partial charge in [0.25, 0.3) is 0 Å². The summed E-state index contributed by atoms with van der Waals surface area (Å²) in [4.78, 5) is 24.5. The number of hydrogen-bond donors (Lipinski definition) is 2. The third kappa shape index (κ3) is 6.29. The first-order valence-electron chi connectivity index (χ1n) is 19.7. The molecule has 2 aromatic rings. The summed E-state index contributed by atoms with van der Waals surface area (Å²) < 4.78 is 32.8. The lowest BCUT2D eigenvalue weighted by Crippen LogP contribution is -2.51. The molecule has 12 atom stereocenters. The number of aromatic nitrogens is 4. The molecular formula is C41H58FN5O5. The van der Waals surface area contributed by atoms with Crippen LogP contribution in [0, 0.1) is 70.7 Å². The predicted octanol–water partition coefficient (Wildman–Crippen LogP) is 8.01. The van der Waals surface area contributed by atoms with E-state index in [1.165, 1.54) is 55.0 Å². The lowest BCUT2D eigenvalue weighted by atomic mass is 9.47. The Morgan fingerprint density at radius 3 is 2.69 bits per heavy atom. The van der Waals surface area contributed by atoms with Gasteiger partial charge < -0.3 is 25.1 Å². The van der Waals surface area contributed by atoms with E-state index < -0.39 is 36.8 Å². The van der Waals surface area contributed by atoms with Crippen LogP contribution in [-0.4, -0.2) is 55.2 Å². The summed E-state index contributed by atoms with van der Waals surface area (Å²) in [6.45, 7) is 14.4. The minimum absolute atomic E-state index is 0.0361. The molecule has 4 fully saturated rings.